The number of hydrogen-bond acceptors (Lipinski definition) is 5. The second-order valence-corrected chi connectivity index (χ2v) is 4.78. The van der Waals surface area contributed by atoms with Gasteiger partial charge in [-0.2, -0.15) is 0 Å². The molecule has 0 fully saturated rings. The number of esters is 1. The van der Waals surface area contributed by atoms with Gasteiger partial charge in [0.05, 0.1) is 17.8 Å². The van der Waals surface area contributed by atoms with Crippen molar-refractivity contribution >= 4 is 23.0 Å². The first-order valence-corrected chi connectivity index (χ1v) is 7.03. The Morgan fingerprint density at radius 1 is 1.47 bits per heavy atom. The minimum absolute atomic E-state index is 0.309. The summed E-state index contributed by atoms with van der Waals surface area (Å²) in [6, 6.07) is 7.26. The van der Waals surface area contributed by atoms with E-state index in [0.29, 0.717) is 12.3 Å². The van der Waals surface area contributed by atoms with E-state index in [0.717, 1.165) is 11.3 Å². The number of ether oxygens (including phenoxy) is 1. The Kier molecular flexibility index (Phi) is 4.52. The van der Waals surface area contributed by atoms with E-state index in [9.17, 15) is 4.79 Å². The number of benzene rings is 1. The van der Waals surface area contributed by atoms with E-state index >= 15 is 0 Å². The maximum Gasteiger partial charge on any atom is 0.334 e. The summed E-state index contributed by atoms with van der Waals surface area (Å²) in [6.07, 6.45) is 0. The third-order valence-corrected chi connectivity index (χ3v) is 3.32. The van der Waals surface area contributed by atoms with Crippen molar-refractivity contribution in [2.45, 2.75) is 19.9 Å². The second kappa shape index (κ2) is 6.33. The van der Waals surface area contributed by atoms with Crippen molar-refractivity contribution < 1.29 is 9.53 Å². The fourth-order valence-electron chi connectivity index (χ4n) is 1.73. The number of aromatic nitrogens is 1. The van der Waals surface area contributed by atoms with E-state index in [2.05, 4.69) is 10.3 Å². The molecular formula is C14H16N2O2S. The first-order valence-electron chi connectivity index (χ1n) is 6.09. The normalized spacial score (nSPS) is 11.9. The van der Waals surface area contributed by atoms with E-state index in [1.807, 2.05) is 36.6 Å². The predicted octanol–water partition coefficient (Wildman–Crippen LogP) is 3.17. The van der Waals surface area contributed by atoms with Gasteiger partial charge in [-0.1, -0.05) is 18.2 Å². The van der Waals surface area contributed by atoms with Crippen LogP contribution in [0.2, 0.25) is 0 Å². The minimum Gasteiger partial charge on any atom is -0.464 e. The van der Waals surface area contributed by atoms with Gasteiger partial charge in [0.15, 0.2) is 6.04 Å². The lowest BCUT2D eigenvalue weighted by atomic mass is 10.1. The molecule has 2 aromatic rings. The molecule has 1 atom stereocenters. The Balaban J connectivity index is 2.24. The number of hydrogen-bond donors (Lipinski definition) is 1. The number of carbonyl (C=O) groups is 1. The molecule has 1 heterocycles. The lowest BCUT2D eigenvalue weighted by molar-refractivity contribution is -0.144. The van der Waals surface area contributed by atoms with Gasteiger partial charge < -0.3 is 10.1 Å². The number of thiazole rings is 1. The van der Waals surface area contributed by atoms with Gasteiger partial charge in [-0.05, 0) is 25.5 Å². The summed E-state index contributed by atoms with van der Waals surface area (Å²) in [4.78, 5) is 16.2. The molecule has 0 amide bonds. The summed E-state index contributed by atoms with van der Waals surface area (Å²) in [5.41, 5.74) is 4.38. The Bertz CT molecular complexity index is 540. The zero-order valence-corrected chi connectivity index (χ0v) is 11.7. The molecule has 0 bridgehead atoms. The zero-order valence-electron chi connectivity index (χ0n) is 10.9. The minimum atomic E-state index is -0.563. The SMILES string of the molecule is CCOC(=O)C(Nc1ccccc1C)c1cscn1. The summed E-state index contributed by atoms with van der Waals surface area (Å²) in [7, 11) is 0. The molecule has 0 spiro atoms. The van der Waals surface area contributed by atoms with Crippen LogP contribution in [0, 0.1) is 6.92 Å². The smallest absolute Gasteiger partial charge is 0.334 e. The van der Waals surface area contributed by atoms with Gasteiger partial charge in [0.25, 0.3) is 0 Å². The fraction of sp³-hybridized carbons (Fsp3) is 0.286. The van der Waals surface area contributed by atoms with E-state index in [1.54, 1.807) is 12.4 Å². The van der Waals surface area contributed by atoms with Gasteiger partial charge >= 0.3 is 5.97 Å². The highest BCUT2D eigenvalue weighted by molar-refractivity contribution is 7.07. The molecule has 1 aromatic heterocycles. The predicted molar refractivity (Wildman–Crippen MR) is 76.3 cm³/mol. The number of carbonyl (C=O) groups excluding carboxylic acids is 1. The van der Waals surface area contributed by atoms with Crippen molar-refractivity contribution in [3.05, 3.63) is 46.4 Å². The summed E-state index contributed by atoms with van der Waals surface area (Å²) >= 11 is 1.46. The molecule has 100 valence electrons. The number of para-hydroxylation sites is 1. The number of nitrogens with one attached hydrogen (secondary N) is 1. The van der Waals surface area contributed by atoms with Gasteiger partial charge in [0.2, 0.25) is 0 Å². The van der Waals surface area contributed by atoms with Crippen LogP contribution >= 0.6 is 11.3 Å². The third kappa shape index (κ3) is 3.32. The lowest BCUT2D eigenvalue weighted by Gasteiger charge is -2.18. The lowest BCUT2D eigenvalue weighted by Crippen LogP contribution is -2.24. The Hall–Kier alpha value is -1.88. The molecule has 5 heteroatoms. The van der Waals surface area contributed by atoms with Crippen LogP contribution in [0.15, 0.2) is 35.2 Å². The topological polar surface area (TPSA) is 51.2 Å². The zero-order chi connectivity index (χ0) is 13.7. The van der Waals surface area contributed by atoms with E-state index in [1.165, 1.54) is 11.3 Å². The van der Waals surface area contributed by atoms with Crippen LogP contribution in [-0.2, 0) is 9.53 Å². The molecule has 1 aromatic carbocycles. The quantitative estimate of drug-likeness (QED) is 0.852. The molecule has 0 saturated carbocycles. The molecule has 19 heavy (non-hydrogen) atoms. The standard InChI is InChI=1S/C14H16N2O2S/c1-3-18-14(17)13(12-8-19-9-15-12)16-11-7-5-4-6-10(11)2/h4-9,13,16H,3H2,1-2H3. The van der Waals surface area contributed by atoms with Crippen molar-refractivity contribution in [3.8, 4) is 0 Å². The van der Waals surface area contributed by atoms with Crippen LogP contribution in [0.3, 0.4) is 0 Å². The number of anilines is 1. The highest BCUT2D eigenvalue weighted by Crippen LogP contribution is 2.23. The van der Waals surface area contributed by atoms with Crippen LogP contribution < -0.4 is 5.32 Å². The van der Waals surface area contributed by atoms with Gasteiger partial charge in [-0.25, -0.2) is 9.78 Å². The Labute approximate surface area is 116 Å². The summed E-state index contributed by atoms with van der Waals surface area (Å²) in [6.45, 7) is 4.14. The van der Waals surface area contributed by atoms with E-state index in [-0.39, 0.29) is 5.97 Å². The Morgan fingerprint density at radius 2 is 2.26 bits per heavy atom. The van der Waals surface area contributed by atoms with Crippen LogP contribution in [0.25, 0.3) is 0 Å². The molecule has 0 aliphatic carbocycles. The maximum atomic E-state index is 12.0. The summed E-state index contributed by atoms with van der Waals surface area (Å²) in [5.74, 6) is -0.309. The molecule has 2 rings (SSSR count). The first kappa shape index (κ1) is 13.5. The average Bonchev–Trinajstić information content (AvgIpc) is 2.91. The second-order valence-electron chi connectivity index (χ2n) is 4.06. The van der Waals surface area contributed by atoms with Crippen molar-refractivity contribution in [2.24, 2.45) is 0 Å². The van der Waals surface area contributed by atoms with Gasteiger partial charge in [0.1, 0.15) is 0 Å². The highest BCUT2D eigenvalue weighted by atomic mass is 32.1. The number of aryl methyl sites for hydroxylation is 1. The van der Waals surface area contributed by atoms with Crippen LogP contribution in [-0.4, -0.2) is 17.6 Å². The van der Waals surface area contributed by atoms with Gasteiger partial charge in [-0.15, -0.1) is 11.3 Å². The van der Waals surface area contributed by atoms with Crippen molar-refractivity contribution in [3.63, 3.8) is 0 Å². The Morgan fingerprint density at radius 3 is 2.89 bits per heavy atom. The van der Waals surface area contributed by atoms with Crippen LogP contribution in [0.4, 0.5) is 5.69 Å². The first-order chi connectivity index (χ1) is 9.22. The number of nitrogens with zero attached hydrogens (tertiary/aromatic N) is 1. The molecule has 0 aliphatic rings. The van der Waals surface area contributed by atoms with Gasteiger partial charge in [0, 0.05) is 11.1 Å². The molecule has 0 radical (unpaired) electrons. The summed E-state index contributed by atoms with van der Waals surface area (Å²) in [5, 5.41) is 5.06. The largest absolute Gasteiger partial charge is 0.464 e. The van der Waals surface area contributed by atoms with E-state index in [4.69, 9.17) is 4.74 Å². The number of rotatable bonds is 5. The van der Waals surface area contributed by atoms with Crippen LogP contribution in [0.1, 0.15) is 24.2 Å². The van der Waals surface area contributed by atoms with Gasteiger partial charge in [-0.3, -0.25) is 0 Å². The highest BCUT2D eigenvalue weighted by Gasteiger charge is 2.24. The van der Waals surface area contributed by atoms with E-state index < -0.39 is 6.04 Å². The monoisotopic (exact) mass is 276 g/mol. The molecular weight excluding hydrogens is 260 g/mol. The maximum absolute atomic E-state index is 12.0. The molecule has 4 nitrogen and oxygen atoms in total. The summed E-state index contributed by atoms with van der Waals surface area (Å²) < 4.78 is 5.10. The van der Waals surface area contributed by atoms with Crippen molar-refractivity contribution in [1.82, 2.24) is 4.98 Å². The molecule has 0 saturated heterocycles. The molecule has 1 unspecified atom stereocenters. The molecule has 0 aliphatic heterocycles. The average molecular weight is 276 g/mol. The third-order valence-electron chi connectivity index (χ3n) is 2.71. The van der Waals surface area contributed by atoms with Crippen molar-refractivity contribution in [2.75, 3.05) is 11.9 Å². The van der Waals surface area contributed by atoms with Crippen molar-refractivity contribution in [1.29, 1.82) is 0 Å². The molecule has 1 N–H and O–H groups in total. The fourth-order valence-corrected chi connectivity index (χ4v) is 2.31. The van der Waals surface area contributed by atoms with Crippen LogP contribution in [0.5, 0.6) is 0 Å².